The fraction of sp³-hybridized carbons (Fsp3) is 0.400. The Bertz CT molecular complexity index is 549. The largest absolute Gasteiger partial charge is 0.341 e. The topological polar surface area (TPSA) is 20.3 Å². The summed E-state index contributed by atoms with van der Waals surface area (Å²) in [5.41, 5.74) is 3.66. The first-order valence-corrected chi connectivity index (χ1v) is 6.76. The molecule has 0 N–H and O–H groups in total. The molecule has 2 unspecified atom stereocenters. The second-order valence-corrected chi connectivity index (χ2v) is 5.77. The number of hydrogen-bond acceptors (Lipinski definition) is 2. The Labute approximate surface area is 112 Å². The number of benzene rings is 1. The summed E-state index contributed by atoms with van der Waals surface area (Å²) in [6, 6.07) is 6.30. The van der Waals surface area contributed by atoms with Crippen LogP contribution in [0.3, 0.4) is 0 Å². The summed E-state index contributed by atoms with van der Waals surface area (Å²) in [4.78, 5) is 14.0. The molecular weight excluding hydrogens is 246 g/mol. The molecule has 0 aromatic heterocycles. The molecule has 1 aromatic carbocycles. The van der Waals surface area contributed by atoms with Gasteiger partial charge in [-0.3, -0.25) is 4.79 Å². The monoisotopic (exact) mass is 261 g/mol. The van der Waals surface area contributed by atoms with E-state index < -0.39 is 0 Å². The van der Waals surface area contributed by atoms with Gasteiger partial charge in [0, 0.05) is 34.9 Å². The van der Waals surface area contributed by atoms with Gasteiger partial charge in [-0.1, -0.05) is 18.5 Å². The Morgan fingerprint density at radius 1 is 1.28 bits per heavy atom. The second kappa shape index (κ2) is 4.13. The maximum atomic E-state index is 11.7. The molecule has 3 rings (SSSR count). The summed E-state index contributed by atoms with van der Waals surface area (Å²) in [5.74, 6) is 0.665. The van der Waals surface area contributed by atoms with E-state index in [4.69, 9.17) is 11.6 Å². The first-order chi connectivity index (χ1) is 8.56. The van der Waals surface area contributed by atoms with Gasteiger partial charge >= 0.3 is 0 Å². The van der Waals surface area contributed by atoms with Gasteiger partial charge in [-0.25, -0.2) is 0 Å². The molecule has 0 spiro atoms. The minimum atomic E-state index is 0.241. The number of rotatable bonds is 0. The zero-order valence-corrected chi connectivity index (χ0v) is 11.4. The van der Waals surface area contributed by atoms with Gasteiger partial charge < -0.3 is 4.90 Å². The highest BCUT2D eigenvalue weighted by Crippen LogP contribution is 2.43. The van der Waals surface area contributed by atoms with Crippen LogP contribution in [0.2, 0.25) is 5.02 Å². The van der Waals surface area contributed by atoms with Crippen LogP contribution >= 0.6 is 11.6 Å². The maximum Gasteiger partial charge on any atom is 0.159 e. The zero-order chi connectivity index (χ0) is 12.9. The van der Waals surface area contributed by atoms with Crippen molar-refractivity contribution in [1.29, 1.82) is 0 Å². The molecule has 2 heterocycles. The normalized spacial score (nSPS) is 26.5. The van der Waals surface area contributed by atoms with Crippen molar-refractivity contribution in [3.63, 3.8) is 0 Å². The van der Waals surface area contributed by atoms with Gasteiger partial charge in [-0.15, -0.1) is 0 Å². The second-order valence-electron chi connectivity index (χ2n) is 5.33. The quantitative estimate of drug-likeness (QED) is 0.706. The third-order valence-electron chi connectivity index (χ3n) is 3.87. The third kappa shape index (κ3) is 1.76. The number of allylic oxidation sites excluding steroid dienone is 2. The van der Waals surface area contributed by atoms with E-state index in [9.17, 15) is 4.79 Å². The fourth-order valence-electron chi connectivity index (χ4n) is 3.09. The SMILES string of the molecule is CC1CC2=CC(=O)CC(C)N2c2ccc(Cl)cc21. The average molecular weight is 262 g/mol. The summed E-state index contributed by atoms with van der Waals surface area (Å²) in [6.07, 6.45) is 3.33. The number of halogens is 1. The van der Waals surface area contributed by atoms with Gasteiger partial charge in [0.05, 0.1) is 0 Å². The molecule has 94 valence electrons. The van der Waals surface area contributed by atoms with Crippen LogP contribution < -0.4 is 4.90 Å². The molecule has 2 atom stereocenters. The van der Waals surface area contributed by atoms with Crippen LogP contribution in [-0.2, 0) is 4.79 Å². The van der Waals surface area contributed by atoms with E-state index in [1.54, 1.807) is 0 Å². The molecule has 1 aromatic rings. The van der Waals surface area contributed by atoms with Crippen LogP contribution in [0.25, 0.3) is 0 Å². The highest BCUT2D eigenvalue weighted by atomic mass is 35.5. The van der Waals surface area contributed by atoms with Crippen molar-refractivity contribution in [1.82, 2.24) is 0 Å². The summed E-state index contributed by atoms with van der Waals surface area (Å²) >= 11 is 6.09. The molecule has 0 amide bonds. The van der Waals surface area contributed by atoms with Crippen molar-refractivity contribution in [3.8, 4) is 0 Å². The molecule has 2 aliphatic heterocycles. The molecule has 3 heteroatoms. The number of hydrogen-bond donors (Lipinski definition) is 0. The van der Waals surface area contributed by atoms with E-state index in [1.165, 1.54) is 11.3 Å². The Kier molecular flexibility index (Phi) is 2.70. The van der Waals surface area contributed by atoms with E-state index in [2.05, 4.69) is 30.9 Å². The standard InChI is InChI=1S/C15H16ClNO/c1-9-5-12-8-13(18)6-10(2)17(12)15-4-3-11(16)7-14(9)15/h3-4,7-10H,5-6H2,1-2H3. The smallest absolute Gasteiger partial charge is 0.159 e. The molecule has 0 saturated heterocycles. The van der Waals surface area contributed by atoms with Gasteiger partial charge in [0.15, 0.2) is 5.78 Å². The van der Waals surface area contributed by atoms with Gasteiger partial charge in [-0.2, -0.15) is 0 Å². The number of anilines is 1. The third-order valence-corrected chi connectivity index (χ3v) is 4.10. The molecule has 0 saturated carbocycles. The van der Waals surface area contributed by atoms with Crippen molar-refractivity contribution >= 4 is 23.1 Å². The predicted molar refractivity (Wildman–Crippen MR) is 74.1 cm³/mol. The van der Waals surface area contributed by atoms with Crippen LogP contribution in [0.4, 0.5) is 5.69 Å². The van der Waals surface area contributed by atoms with Gasteiger partial charge in [0.25, 0.3) is 0 Å². The van der Waals surface area contributed by atoms with Crippen molar-refractivity contribution in [2.75, 3.05) is 4.90 Å². The summed E-state index contributed by atoms with van der Waals surface area (Å²) in [6.45, 7) is 4.30. The van der Waals surface area contributed by atoms with Gasteiger partial charge in [0.1, 0.15) is 0 Å². The Morgan fingerprint density at radius 2 is 2.06 bits per heavy atom. The minimum Gasteiger partial charge on any atom is -0.341 e. The van der Waals surface area contributed by atoms with Crippen LogP contribution in [0, 0.1) is 0 Å². The molecule has 2 nitrogen and oxygen atoms in total. The van der Waals surface area contributed by atoms with E-state index in [1.807, 2.05) is 12.1 Å². The van der Waals surface area contributed by atoms with Crippen molar-refractivity contribution in [2.45, 2.75) is 38.6 Å². The molecule has 0 aliphatic carbocycles. The number of nitrogens with zero attached hydrogens (tertiary/aromatic N) is 1. The highest BCUT2D eigenvalue weighted by molar-refractivity contribution is 6.30. The number of carbonyl (C=O) groups excluding carboxylic acids is 1. The molecule has 0 radical (unpaired) electrons. The minimum absolute atomic E-state index is 0.241. The Balaban J connectivity index is 2.16. The summed E-state index contributed by atoms with van der Waals surface area (Å²) in [5, 5.41) is 0.786. The van der Waals surface area contributed by atoms with Crippen molar-refractivity contribution < 1.29 is 4.79 Å². The van der Waals surface area contributed by atoms with Crippen molar-refractivity contribution in [2.24, 2.45) is 0 Å². The van der Waals surface area contributed by atoms with Crippen molar-refractivity contribution in [3.05, 3.63) is 40.6 Å². The maximum absolute atomic E-state index is 11.7. The first kappa shape index (κ1) is 11.8. The van der Waals surface area contributed by atoms with E-state index >= 15 is 0 Å². The number of carbonyl (C=O) groups is 1. The molecular formula is C15H16ClNO. The average Bonchev–Trinajstić information content (AvgIpc) is 2.29. The molecule has 0 fully saturated rings. The summed E-state index contributed by atoms with van der Waals surface area (Å²) < 4.78 is 0. The first-order valence-electron chi connectivity index (χ1n) is 6.38. The lowest BCUT2D eigenvalue weighted by atomic mass is 9.86. The molecule has 18 heavy (non-hydrogen) atoms. The summed E-state index contributed by atoms with van der Waals surface area (Å²) in [7, 11) is 0. The molecule has 0 bridgehead atoms. The fourth-order valence-corrected chi connectivity index (χ4v) is 3.27. The lowest BCUT2D eigenvalue weighted by Crippen LogP contribution is -2.40. The Hall–Kier alpha value is -1.28. The Morgan fingerprint density at radius 3 is 2.83 bits per heavy atom. The van der Waals surface area contributed by atoms with Crippen LogP contribution in [0.1, 0.15) is 38.2 Å². The number of fused-ring (bicyclic) bond motifs is 3. The number of ketones is 1. The predicted octanol–water partition coefficient (Wildman–Crippen LogP) is 3.90. The molecule has 2 aliphatic rings. The lowest BCUT2D eigenvalue weighted by molar-refractivity contribution is -0.115. The van der Waals surface area contributed by atoms with E-state index in [0.717, 1.165) is 17.1 Å². The van der Waals surface area contributed by atoms with Gasteiger partial charge in [-0.05, 0) is 43.0 Å². The van der Waals surface area contributed by atoms with Gasteiger partial charge in [0.2, 0.25) is 0 Å². The van der Waals surface area contributed by atoms with Crippen LogP contribution in [0.15, 0.2) is 30.0 Å². The highest BCUT2D eigenvalue weighted by Gasteiger charge is 2.33. The van der Waals surface area contributed by atoms with E-state index in [-0.39, 0.29) is 11.8 Å². The zero-order valence-electron chi connectivity index (χ0n) is 10.6. The van der Waals surface area contributed by atoms with Crippen LogP contribution in [-0.4, -0.2) is 11.8 Å². The van der Waals surface area contributed by atoms with Crippen LogP contribution in [0.5, 0.6) is 0 Å². The van der Waals surface area contributed by atoms with E-state index in [0.29, 0.717) is 12.3 Å². The lowest BCUT2D eigenvalue weighted by Gasteiger charge is -2.42.